The third-order valence-electron chi connectivity index (χ3n) is 5.20. The maximum Gasteiger partial charge on any atom is 0.416 e. The molecule has 3 aromatic carbocycles. The van der Waals surface area contributed by atoms with Gasteiger partial charge in [-0.1, -0.05) is 54.1 Å². The van der Waals surface area contributed by atoms with E-state index >= 15 is 0 Å². The van der Waals surface area contributed by atoms with Crippen LogP contribution < -0.4 is 5.32 Å². The van der Waals surface area contributed by atoms with Crippen LogP contribution >= 0.6 is 11.6 Å². The molecule has 158 valence electrons. The Morgan fingerprint density at radius 1 is 0.935 bits per heavy atom. The zero-order chi connectivity index (χ0) is 22.0. The molecule has 31 heavy (non-hydrogen) atoms. The molecule has 0 amide bonds. The van der Waals surface area contributed by atoms with Crippen LogP contribution in [-0.4, -0.2) is 4.98 Å². The van der Waals surface area contributed by atoms with E-state index < -0.39 is 11.7 Å². The molecule has 4 aromatic rings. The van der Waals surface area contributed by atoms with Crippen molar-refractivity contribution < 1.29 is 13.2 Å². The van der Waals surface area contributed by atoms with Gasteiger partial charge in [-0.15, -0.1) is 0 Å². The second-order valence-electron chi connectivity index (χ2n) is 7.42. The van der Waals surface area contributed by atoms with E-state index in [1.54, 1.807) is 0 Å². The molecule has 0 bridgehead atoms. The van der Waals surface area contributed by atoms with Gasteiger partial charge in [-0.2, -0.15) is 13.2 Å². The first-order valence-corrected chi connectivity index (χ1v) is 10.2. The van der Waals surface area contributed by atoms with Gasteiger partial charge in [-0.25, -0.2) is 0 Å². The number of rotatable bonds is 5. The predicted molar refractivity (Wildman–Crippen MR) is 119 cm³/mol. The molecule has 6 heteroatoms. The molecule has 0 saturated heterocycles. The standard InChI is InChI=1S/C25H20ClF3N2/c1-16(30-15-17-5-4-6-20(26)13-17)24-14-22(21-7-2-3-8-23(21)31-24)18-9-11-19(12-10-18)25(27,28)29/h2-14,16,30H,15H2,1H3. The molecular formula is C25H20ClF3N2. The Hall–Kier alpha value is -2.89. The number of halogens is 4. The molecule has 0 radical (unpaired) electrons. The summed E-state index contributed by atoms with van der Waals surface area (Å²) in [6.45, 7) is 2.63. The fraction of sp³-hybridized carbons (Fsp3) is 0.160. The van der Waals surface area contributed by atoms with Crippen molar-refractivity contribution in [2.75, 3.05) is 0 Å². The van der Waals surface area contributed by atoms with Crippen molar-refractivity contribution in [2.45, 2.75) is 25.7 Å². The minimum absolute atomic E-state index is 0.0724. The number of alkyl halides is 3. The van der Waals surface area contributed by atoms with Crippen molar-refractivity contribution in [2.24, 2.45) is 0 Å². The highest BCUT2D eigenvalue weighted by Crippen LogP contribution is 2.34. The Morgan fingerprint density at radius 3 is 2.39 bits per heavy atom. The second-order valence-corrected chi connectivity index (χ2v) is 7.86. The number of nitrogens with one attached hydrogen (secondary N) is 1. The fourth-order valence-electron chi connectivity index (χ4n) is 3.52. The summed E-state index contributed by atoms with van der Waals surface area (Å²) in [5.74, 6) is 0. The lowest BCUT2D eigenvalue weighted by Crippen LogP contribution is -2.19. The highest BCUT2D eigenvalue weighted by Gasteiger charge is 2.30. The van der Waals surface area contributed by atoms with E-state index in [0.29, 0.717) is 11.6 Å². The van der Waals surface area contributed by atoms with E-state index in [9.17, 15) is 13.2 Å². The van der Waals surface area contributed by atoms with Gasteiger partial charge >= 0.3 is 6.18 Å². The van der Waals surface area contributed by atoms with Gasteiger partial charge in [-0.3, -0.25) is 4.98 Å². The smallest absolute Gasteiger partial charge is 0.305 e. The van der Waals surface area contributed by atoms with Crippen LogP contribution in [0.4, 0.5) is 13.2 Å². The maximum absolute atomic E-state index is 13.0. The number of pyridine rings is 1. The molecule has 2 nitrogen and oxygen atoms in total. The molecule has 1 heterocycles. The Balaban J connectivity index is 1.67. The lowest BCUT2D eigenvalue weighted by Gasteiger charge is -2.17. The molecule has 0 aliphatic heterocycles. The Labute approximate surface area is 183 Å². The number of aromatic nitrogens is 1. The van der Waals surface area contributed by atoms with Crippen molar-refractivity contribution >= 4 is 22.5 Å². The lowest BCUT2D eigenvalue weighted by molar-refractivity contribution is -0.137. The summed E-state index contributed by atoms with van der Waals surface area (Å²) in [7, 11) is 0. The van der Waals surface area contributed by atoms with Crippen LogP contribution in [0.1, 0.15) is 29.8 Å². The maximum atomic E-state index is 13.0. The summed E-state index contributed by atoms with van der Waals surface area (Å²) in [6, 6.07) is 22.4. The molecule has 1 aromatic heterocycles. The van der Waals surface area contributed by atoms with E-state index in [4.69, 9.17) is 16.6 Å². The number of benzene rings is 3. The summed E-state index contributed by atoms with van der Waals surface area (Å²) in [5, 5.41) is 5.02. The lowest BCUT2D eigenvalue weighted by atomic mass is 9.97. The van der Waals surface area contributed by atoms with Gasteiger partial charge in [0.15, 0.2) is 0 Å². The molecule has 1 atom stereocenters. The largest absolute Gasteiger partial charge is 0.416 e. The van der Waals surface area contributed by atoms with Crippen LogP contribution in [0.3, 0.4) is 0 Å². The first-order chi connectivity index (χ1) is 14.8. The van der Waals surface area contributed by atoms with Gasteiger partial charge in [-0.05, 0) is 60.0 Å². The highest BCUT2D eigenvalue weighted by molar-refractivity contribution is 6.30. The molecule has 1 N–H and O–H groups in total. The number of hydrogen-bond donors (Lipinski definition) is 1. The van der Waals surface area contributed by atoms with Crippen LogP contribution in [-0.2, 0) is 12.7 Å². The molecule has 0 saturated carbocycles. The van der Waals surface area contributed by atoms with E-state index in [0.717, 1.165) is 45.4 Å². The number of para-hydroxylation sites is 1. The number of nitrogens with zero attached hydrogens (tertiary/aromatic N) is 1. The van der Waals surface area contributed by atoms with E-state index in [1.807, 2.05) is 61.5 Å². The molecule has 0 aliphatic carbocycles. The van der Waals surface area contributed by atoms with E-state index in [2.05, 4.69) is 5.32 Å². The van der Waals surface area contributed by atoms with Gasteiger partial charge < -0.3 is 5.32 Å². The summed E-state index contributed by atoms with van der Waals surface area (Å²) in [4.78, 5) is 4.78. The molecular weight excluding hydrogens is 421 g/mol. The first-order valence-electron chi connectivity index (χ1n) is 9.86. The zero-order valence-electron chi connectivity index (χ0n) is 16.7. The summed E-state index contributed by atoms with van der Waals surface area (Å²) < 4.78 is 38.9. The van der Waals surface area contributed by atoms with Gasteiger partial charge in [0.25, 0.3) is 0 Å². The van der Waals surface area contributed by atoms with Crippen molar-refractivity contribution in [1.82, 2.24) is 10.3 Å². The van der Waals surface area contributed by atoms with Crippen LogP contribution in [0.2, 0.25) is 5.02 Å². The third-order valence-corrected chi connectivity index (χ3v) is 5.44. The molecule has 0 spiro atoms. The van der Waals surface area contributed by atoms with Crippen molar-refractivity contribution in [3.8, 4) is 11.1 Å². The van der Waals surface area contributed by atoms with Crippen molar-refractivity contribution in [3.63, 3.8) is 0 Å². The SMILES string of the molecule is CC(NCc1cccc(Cl)c1)c1cc(-c2ccc(C(F)(F)F)cc2)c2ccccc2n1. The summed E-state index contributed by atoms with van der Waals surface area (Å²) in [6.07, 6.45) is -4.36. The fourth-order valence-corrected chi connectivity index (χ4v) is 3.73. The van der Waals surface area contributed by atoms with Gasteiger partial charge in [0.1, 0.15) is 0 Å². The normalized spacial score (nSPS) is 12.8. The van der Waals surface area contributed by atoms with Gasteiger partial charge in [0, 0.05) is 23.0 Å². The topological polar surface area (TPSA) is 24.9 Å². The average Bonchev–Trinajstić information content (AvgIpc) is 2.76. The summed E-state index contributed by atoms with van der Waals surface area (Å²) >= 11 is 6.06. The third kappa shape index (κ3) is 4.89. The molecule has 4 rings (SSSR count). The minimum Gasteiger partial charge on any atom is -0.305 e. The van der Waals surface area contributed by atoms with Crippen LogP contribution in [0.5, 0.6) is 0 Å². The van der Waals surface area contributed by atoms with Crippen LogP contribution in [0.25, 0.3) is 22.0 Å². The molecule has 0 fully saturated rings. The highest BCUT2D eigenvalue weighted by atomic mass is 35.5. The van der Waals surface area contributed by atoms with Gasteiger partial charge in [0.2, 0.25) is 0 Å². The van der Waals surface area contributed by atoms with Gasteiger partial charge in [0.05, 0.1) is 16.8 Å². The second kappa shape index (κ2) is 8.69. The predicted octanol–water partition coefficient (Wildman–Crippen LogP) is 7.42. The minimum atomic E-state index is -4.36. The molecule has 0 aliphatic rings. The Morgan fingerprint density at radius 2 is 1.68 bits per heavy atom. The first kappa shape index (κ1) is 21.3. The molecule has 1 unspecified atom stereocenters. The Kier molecular flexibility index (Phi) is 5.99. The van der Waals surface area contributed by atoms with E-state index in [1.165, 1.54) is 12.1 Å². The van der Waals surface area contributed by atoms with Crippen molar-refractivity contribution in [1.29, 1.82) is 0 Å². The van der Waals surface area contributed by atoms with Crippen LogP contribution in [0.15, 0.2) is 78.9 Å². The van der Waals surface area contributed by atoms with E-state index in [-0.39, 0.29) is 6.04 Å². The van der Waals surface area contributed by atoms with Crippen molar-refractivity contribution in [3.05, 3.63) is 101 Å². The quantitative estimate of drug-likeness (QED) is 0.349. The number of hydrogen-bond acceptors (Lipinski definition) is 2. The Bertz CT molecular complexity index is 1200. The monoisotopic (exact) mass is 440 g/mol. The zero-order valence-corrected chi connectivity index (χ0v) is 17.5. The average molecular weight is 441 g/mol. The number of fused-ring (bicyclic) bond motifs is 1. The summed E-state index contributed by atoms with van der Waals surface area (Å²) in [5.41, 5.74) is 3.58. The van der Waals surface area contributed by atoms with Crippen LogP contribution in [0, 0.1) is 0 Å².